The Labute approximate surface area is 239 Å². The summed E-state index contributed by atoms with van der Waals surface area (Å²) in [6, 6.07) is 16.7. The number of carbonyl (C=O) groups is 2. The number of aromatic nitrogens is 3. The van der Waals surface area contributed by atoms with E-state index in [2.05, 4.69) is 25.6 Å². The van der Waals surface area contributed by atoms with Gasteiger partial charge in [-0.2, -0.15) is 0 Å². The summed E-state index contributed by atoms with van der Waals surface area (Å²) in [6.07, 6.45) is 4.80. The number of rotatable bonds is 7. The van der Waals surface area contributed by atoms with Crippen molar-refractivity contribution in [3.8, 4) is 11.6 Å². The second-order valence-corrected chi connectivity index (χ2v) is 11.3. The lowest BCUT2D eigenvalue weighted by molar-refractivity contribution is 0.0635. The standard InChI is InChI=1S/C31H36N6O4/c1-21-8-13-24(40-28-15-14-27-33-26(20-37(27)35-28)34-30(39)41-31(2,3)4)18-25(21)32-29(38)23-11-9-22(10-12-23)19-36-16-6-5-7-17-36/h8-15,18,20H,5-7,16-17,19H2,1-4H3,(H,32,38)(H,34,39). The predicted octanol–water partition coefficient (Wildman–Crippen LogP) is 6.42. The molecular weight excluding hydrogens is 520 g/mol. The first kappa shape index (κ1) is 28.1. The average molecular weight is 557 g/mol. The Kier molecular flexibility index (Phi) is 8.21. The van der Waals surface area contributed by atoms with E-state index in [4.69, 9.17) is 9.47 Å². The van der Waals surface area contributed by atoms with E-state index in [1.54, 1.807) is 45.2 Å². The number of hydrogen-bond donors (Lipinski definition) is 2. The van der Waals surface area contributed by atoms with Crippen molar-refractivity contribution in [1.29, 1.82) is 0 Å². The van der Waals surface area contributed by atoms with Gasteiger partial charge in [0.05, 0.1) is 6.20 Å². The number of nitrogens with zero attached hydrogens (tertiary/aromatic N) is 4. The summed E-state index contributed by atoms with van der Waals surface area (Å²) < 4.78 is 12.8. The topological polar surface area (TPSA) is 110 Å². The molecule has 0 atom stereocenters. The molecule has 214 valence electrons. The highest BCUT2D eigenvalue weighted by Crippen LogP contribution is 2.27. The molecule has 41 heavy (non-hydrogen) atoms. The molecule has 1 aliphatic heterocycles. The van der Waals surface area contributed by atoms with Gasteiger partial charge in [0.1, 0.15) is 11.4 Å². The van der Waals surface area contributed by atoms with E-state index in [-0.39, 0.29) is 5.91 Å². The molecule has 0 saturated carbocycles. The number of fused-ring (bicyclic) bond motifs is 1. The summed E-state index contributed by atoms with van der Waals surface area (Å²) >= 11 is 0. The number of amides is 2. The fraction of sp³-hybridized carbons (Fsp3) is 0.355. The molecule has 0 aliphatic carbocycles. The quantitative estimate of drug-likeness (QED) is 0.270. The van der Waals surface area contributed by atoms with Crippen LogP contribution in [0.15, 0.2) is 60.8 Å². The number of benzene rings is 2. The molecule has 0 bridgehead atoms. The minimum Gasteiger partial charge on any atom is -0.444 e. The van der Waals surface area contributed by atoms with E-state index in [1.807, 2.05) is 43.3 Å². The van der Waals surface area contributed by atoms with Crippen molar-refractivity contribution in [2.45, 2.75) is 59.1 Å². The molecular formula is C31H36N6O4. The SMILES string of the molecule is Cc1ccc(Oc2ccc3nc(NC(=O)OC(C)(C)C)cn3n2)cc1NC(=O)c1ccc(CN2CCCCC2)cc1. The molecule has 2 amide bonds. The lowest BCUT2D eigenvalue weighted by atomic mass is 10.1. The maximum atomic E-state index is 13.0. The van der Waals surface area contributed by atoms with Gasteiger partial charge in [0.2, 0.25) is 5.88 Å². The van der Waals surface area contributed by atoms with Crippen LogP contribution in [0.1, 0.15) is 61.5 Å². The molecule has 5 rings (SSSR count). The fourth-order valence-electron chi connectivity index (χ4n) is 4.64. The van der Waals surface area contributed by atoms with Crippen LogP contribution >= 0.6 is 0 Å². The van der Waals surface area contributed by atoms with Crippen molar-refractivity contribution < 1.29 is 19.1 Å². The second-order valence-electron chi connectivity index (χ2n) is 11.3. The van der Waals surface area contributed by atoms with E-state index >= 15 is 0 Å². The monoisotopic (exact) mass is 556 g/mol. The Morgan fingerprint density at radius 3 is 2.44 bits per heavy atom. The molecule has 2 aromatic carbocycles. The van der Waals surface area contributed by atoms with Gasteiger partial charge in [-0.3, -0.25) is 15.0 Å². The maximum Gasteiger partial charge on any atom is 0.413 e. The van der Waals surface area contributed by atoms with Gasteiger partial charge in [-0.25, -0.2) is 14.3 Å². The lowest BCUT2D eigenvalue weighted by Gasteiger charge is -2.26. The zero-order valence-corrected chi connectivity index (χ0v) is 23.9. The molecule has 2 N–H and O–H groups in total. The first-order valence-electron chi connectivity index (χ1n) is 13.9. The third kappa shape index (κ3) is 7.61. The molecule has 1 aliphatic rings. The highest BCUT2D eigenvalue weighted by molar-refractivity contribution is 6.04. The normalized spacial score (nSPS) is 14.0. The van der Waals surface area contributed by atoms with Crippen molar-refractivity contribution in [2.75, 3.05) is 23.7 Å². The van der Waals surface area contributed by atoms with Gasteiger partial charge in [0, 0.05) is 29.9 Å². The molecule has 10 heteroatoms. The Morgan fingerprint density at radius 2 is 1.71 bits per heavy atom. The molecule has 0 spiro atoms. The summed E-state index contributed by atoms with van der Waals surface area (Å²) in [5, 5.41) is 10.0. The maximum absolute atomic E-state index is 13.0. The van der Waals surface area contributed by atoms with Crippen molar-refractivity contribution in [1.82, 2.24) is 19.5 Å². The fourth-order valence-corrected chi connectivity index (χ4v) is 4.64. The Morgan fingerprint density at radius 1 is 0.951 bits per heavy atom. The molecule has 4 aromatic rings. The van der Waals surface area contributed by atoms with Crippen LogP contribution in [-0.2, 0) is 11.3 Å². The Bertz CT molecular complexity index is 1530. The van der Waals surface area contributed by atoms with Gasteiger partial charge in [-0.15, -0.1) is 5.10 Å². The summed E-state index contributed by atoms with van der Waals surface area (Å²) in [6.45, 7) is 10.5. The number of aryl methyl sites for hydroxylation is 1. The van der Waals surface area contributed by atoms with Gasteiger partial charge < -0.3 is 14.8 Å². The average Bonchev–Trinajstić information content (AvgIpc) is 3.31. The van der Waals surface area contributed by atoms with Gasteiger partial charge in [0.25, 0.3) is 5.91 Å². The molecule has 3 heterocycles. The van der Waals surface area contributed by atoms with Gasteiger partial charge >= 0.3 is 6.09 Å². The van der Waals surface area contributed by atoms with Crippen LogP contribution < -0.4 is 15.4 Å². The minimum absolute atomic E-state index is 0.183. The molecule has 0 radical (unpaired) electrons. The Hall–Kier alpha value is -4.44. The van der Waals surface area contributed by atoms with Crippen LogP contribution in [0.4, 0.5) is 16.3 Å². The number of likely N-dealkylation sites (tertiary alicyclic amines) is 1. The van der Waals surface area contributed by atoms with Gasteiger partial charge in [-0.05, 0) is 89.0 Å². The third-order valence-corrected chi connectivity index (χ3v) is 6.68. The van der Waals surface area contributed by atoms with Crippen LogP contribution in [0, 0.1) is 6.92 Å². The number of carbonyl (C=O) groups excluding carboxylic acids is 2. The van der Waals surface area contributed by atoms with Crippen molar-refractivity contribution in [2.24, 2.45) is 0 Å². The number of ether oxygens (including phenoxy) is 2. The zero-order chi connectivity index (χ0) is 29.0. The van der Waals surface area contributed by atoms with Crippen LogP contribution in [0.3, 0.4) is 0 Å². The van der Waals surface area contributed by atoms with Crippen LogP contribution in [-0.4, -0.2) is 50.2 Å². The first-order chi connectivity index (χ1) is 19.6. The highest BCUT2D eigenvalue weighted by atomic mass is 16.6. The molecule has 0 unspecified atom stereocenters. The zero-order valence-electron chi connectivity index (χ0n) is 23.9. The summed E-state index contributed by atoms with van der Waals surface area (Å²) in [5.41, 5.74) is 3.28. The largest absolute Gasteiger partial charge is 0.444 e. The van der Waals surface area contributed by atoms with Gasteiger partial charge in [0.15, 0.2) is 11.5 Å². The highest BCUT2D eigenvalue weighted by Gasteiger charge is 2.18. The number of imidazole rings is 1. The molecule has 10 nitrogen and oxygen atoms in total. The van der Waals surface area contributed by atoms with E-state index in [0.717, 1.165) is 25.2 Å². The predicted molar refractivity (Wildman–Crippen MR) is 158 cm³/mol. The third-order valence-electron chi connectivity index (χ3n) is 6.68. The number of hydrogen-bond acceptors (Lipinski definition) is 7. The molecule has 1 saturated heterocycles. The summed E-state index contributed by atoms with van der Waals surface area (Å²) in [5.74, 6) is 0.965. The number of anilines is 2. The second kappa shape index (κ2) is 12.0. The molecule has 2 aromatic heterocycles. The summed E-state index contributed by atoms with van der Waals surface area (Å²) in [7, 11) is 0. The van der Waals surface area contributed by atoms with Crippen molar-refractivity contribution in [3.05, 3.63) is 77.5 Å². The van der Waals surface area contributed by atoms with Crippen LogP contribution in [0.25, 0.3) is 5.65 Å². The lowest BCUT2D eigenvalue weighted by Crippen LogP contribution is -2.29. The Balaban J connectivity index is 1.22. The first-order valence-corrected chi connectivity index (χ1v) is 13.9. The molecule has 1 fully saturated rings. The van der Waals surface area contributed by atoms with E-state index in [0.29, 0.717) is 34.3 Å². The van der Waals surface area contributed by atoms with Crippen molar-refractivity contribution in [3.63, 3.8) is 0 Å². The smallest absolute Gasteiger partial charge is 0.413 e. The van der Waals surface area contributed by atoms with Crippen molar-refractivity contribution >= 4 is 29.2 Å². The summed E-state index contributed by atoms with van der Waals surface area (Å²) in [4.78, 5) is 31.9. The minimum atomic E-state index is -0.619. The van der Waals surface area contributed by atoms with Crippen LogP contribution in [0.5, 0.6) is 11.6 Å². The number of piperidine rings is 1. The van der Waals surface area contributed by atoms with Gasteiger partial charge in [-0.1, -0.05) is 24.6 Å². The van der Waals surface area contributed by atoms with Crippen LogP contribution in [0.2, 0.25) is 0 Å². The van der Waals surface area contributed by atoms with E-state index in [9.17, 15) is 9.59 Å². The van der Waals surface area contributed by atoms with E-state index < -0.39 is 11.7 Å². The number of nitrogens with one attached hydrogen (secondary N) is 2. The van der Waals surface area contributed by atoms with E-state index in [1.165, 1.54) is 29.3 Å².